The van der Waals surface area contributed by atoms with E-state index >= 15 is 0 Å². The van der Waals surface area contributed by atoms with E-state index < -0.39 is 0 Å². The number of aromatic nitrogens is 6. The zero-order chi connectivity index (χ0) is 24.5. The molecule has 5 rings (SSSR count). The second kappa shape index (κ2) is 9.58. The van der Waals surface area contributed by atoms with Crippen LogP contribution in [0.5, 0.6) is 5.75 Å². The van der Waals surface area contributed by atoms with E-state index in [4.69, 9.17) is 19.6 Å². The summed E-state index contributed by atoms with van der Waals surface area (Å²) < 4.78 is 15.6. The quantitative estimate of drug-likeness (QED) is 0.382. The van der Waals surface area contributed by atoms with Gasteiger partial charge in [-0.05, 0) is 71.2 Å². The van der Waals surface area contributed by atoms with Crippen LogP contribution in [0.2, 0.25) is 0 Å². The summed E-state index contributed by atoms with van der Waals surface area (Å²) in [6.07, 6.45) is 6.60. The summed E-state index contributed by atoms with van der Waals surface area (Å²) in [6, 6.07) is 7.85. The molecule has 1 aromatic carbocycles. The Hall–Kier alpha value is -3.59. The van der Waals surface area contributed by atoms with Crippen LogP contribution in [0.4, 0.5) is 0 Å². The Kier molecular flexibility index (Phi) is 6.34. The zero-order valence-electron chi connectivity index (χ0n) is 20.6. The fourth-order valence-electron chi connectivity index (χ4n) is 4.47. The van der Waals surface area contributed by atoms with Gasteiger partial charge in [0.15, 0.2) is 17.8 Å². The molecule has 0 bridgehead atoms. The van der Waals surface area contributed by atoms with Crippen LogP contribution in [-0.4, -0.2) is 48.0 Å². The van der Waals surface area contributed by atoms with E-state index in [1.165, 1.54) is 0 Å². The monoisotopic (exact) mass is 474 g/mol. The van der Waals surface area contributed by atoms with Gasteiger partial charge < -0.3 is 9.47 Å². The Labute approximate surface area is 204 Å². The summed E-state index contributed by atoms with van der Waals surface area (Å²) in [4.78, 5) is 21.0. The van der Waals surface area contributed by atoms with E-state index in [2.05, 4.69) is 10.1 Å². The van der Waals surface area contributed by atoms with Crippen molar-refractivity contribution in [3.8, 4) is 28.5 Å². The van der Waals surface area contributed by atoms with Gasteiger partial charge in [0.2, 0.25) is 0 Å². The van der Waals surface area contributed by atoms with Gasteiger partial charge in [-0.25, -0.2) is 14.6 Å². The first kappa shape index (κ1) is 23.2. The molecule has 0 spiro atoms. The third-order valence-electron chi connectivity index (χ3n) is 5.95. The summed E-state index contributed by atoms with van der Waals surface area (Å²) >= 11 is 0. The molecular formula is C26H30N6O3. The van der Waals surface area contributed by atoms with Crippen LogP contribution in [0.3, 0.4) is 0 Å². The van der Waals surface area contributed by atoms with Gasteiger partial charge in [-0.2, -0.15) is 10.2 Å². The molecule has 0 saturated carbocycles. The number of carbonyl (C=O) groups is 1. The lowest BCUT2D eigenvalue weighted by Gasteiger charge is -2.23. The molecule has 4 heterocycles. The number of hydrogen-bond acceptors (Lipinski definition) is 7. The molecule has 1 aliphatic heterocycles. The van der Waals surface area contributed by atoms with Crippen molar-refractivity contribution in [1.82, 2.24) is 29.5 Å². The average Bonchev–Trinajstić information content (AvgIpc) is 3.39. The lowest BCUT2D eigenvalue weighted by atomic mass is 10.1. The smallest absolute Gasteiger partial charge is 0.181 e. The molecule has 1 fully saturated rings. The number of carbonyl (C=O) groups excluding carboxylic acids is 1. The number of Topliss-reactive ketones (excluding diaryl/α,β-unsaturated/α-hetero) is 1. The van der Waals surface area contributed by atoms with E-state index in [1.807, 2.05) is 55.9 Å². The molecule has 3 aromatic heterocycles. The molecule has 1 saturated heterocycles. The van der Waals surface area contributed by atoms with Gasteiger partial charge in [-0.3, -0.25) is 9.48 Å². The minimum absolute atomic E-state index is 0.0452. The lowest BCUT2D eigenvalue weighted by Crippen LogP contribution is -2.19. The molecule has 9 nitrogen and oxygen atoms in total. The van der Waals surface area contributed by atoms with E-state index in [-0.39, 0.29) is 24.7 Å². The van der Waals surface area contributed by atoms with Gasteiger partial charge >= 0.3 is 0 Å². The molecule has 1 aliphatic rings. The fourth-order valence-corrected chi connectivity index (χ4v) is 4.47. The second-order valence-electron chi connectivity index (χ2n) is 9.25. The SMILES string of the molecule is CC(=O)Cn1cc(-c2ccnc(-c3nn(C4CCCCO4)c4ccc(OC(C)C)cc34)n2)c(C)n1. The highest BCUT2D eigenvalue weighted by molar-refractivity contribution is 5.93. The van der Waals surface area contributed by atoms with Gasteiger partial charge in [-0.15, -0.1) is 0 Å². The highest BCUT2D eigenvalue weighted by atomic mass is 16.5. The molecule has 0 amide bonds. The van der Waals surface area contributed by atoms with E-state index in [9.17, 15) is 4.79 Å². The number of fused-ring (bicyclic) bond motifs is 1. The lowest BCUT2D eigenvalue weighted by molar-refractivity contribution is -0.117. The Balaban J connectivity index is 1.61. The second-order valence-corrected chi connectivity index (χ2v) is 9.25. The number of ketones is 1. The summed E-state index contributed by atoms with van der Waals surface area (Å²) in [5.41, 5.74) is 4.03. The summed E-state index contributed by atoms with van der Waals surface area (Å²) in [5, 5.41) is 10.3. The summed E-state index contributed by atoms with van der Waals surface area (Å²) in [7, 11) is 0. The van der Waals surface area contributed by atoms with Crippen LogP contribution in [0.15, 0.2) is 36.7 Å². The maximum Gasteiger partial charge on any atom is 0.181 e. The van der Waals surface area contributed by atoms with Gasteiger partial charge in [0, 0.05) is 30.0 Å². The number of hydrogen-bond donors (Lipinski definition) is 0. The topological polar surface area (TPSA) is 97.0 Å². The minimum atomic E-state index is -0.118. The number of rotatable bonds is 7. The third kappa shape index (κ3) is 4.81. The number of ether oxygens (including phenoxy) is 2. The van der Waals surface area contributed by atoms with Crippen molar-refractivity contribution in [1.29, 1.82) is 0 Å². The van der Waals surface area contributed by atoms with E-state index in [1.54, 1.807) is 17.8 Å². The van der Waals surface area contributed by atoms with Gasteiger partial charge in [0.1, 0.15) is 11.4 Å². The fraction of sp³-hybridized carbons (Fsp3) is 0.423. The first-order valence-electron chi connectivity index (χ1n) is 12.1. The highest BCUT2D eigenvalue weighted by Gasteiger charge is 2.23. The molecule has 35 heavy (non-hydrogen) atoms. The number of nitrogens with zero attached hydrogens (tertiary/aromatic N) is 6. The highest BCUT2D eigenvalue weighted by Crippen LogP contribution is 2.34. The van der Waals surface area contributed by atoms with Gasteiger partial charge in [-0.1, -0.05) is 0 Å². The third-order valence-corrected chi connectivity index (χ3v) is 5.95. The van der Waals surface area contributed by atoms with Crippen molar-refractivity contribution in [2.45, 2.75) is 65.8 Å². The molecule has 1 atom stereocenters. The molecule has 182 valence electrons. The van der Waals surface area contributed by atoms with E-state index in [0.717, 1.165) is 59.5 Å². The van der Waals surface area contributed by atoms with Crippen LogP contribution in [0.1, 0.15) is 52.0 Å². The van der Waals surface area contributed by atoms with Crippen molar-refractivity contribution in [3.05, 3.63) is 42.4 Å². The van der Waals surface area contributed by atoms with Gasteiger partial charge in [0.25, 0.3) is 0 Å². The molecule has 0 radical (unpaired) electrons. The molecule has 0 N–H and O–H groups in total. The predicted molar refractivity (Wildman–Crippen MR) is 132 cm³/mol. The largest absolute Gasteiger partial charge is 0.491 e. The van der Waals surface area contributed by atoms with Crippen LogP contribution in [-0.2, 0) is 16.1 Å². The van der Waals surface area contributed by atoms with Crippen molar-refractivity contribution in [2.75, 3.05) is 6.61 Å². The number of benzene rings is 1. The summed E-state index contributed by atoms with van der Waals surface area (Å²) in [6.45, 7) is 8.43. The van der Waals surface area contributed by atoms with E-state index in [0.29, 0.717) is 11.5 Å². The van der Waals surface area contributed by atoms with Gasteiger partial charge in [0.05, 0.1) is 29.6 Å². The van der Waals surface area contributed by atoms with Crippen molar-refractivity contribution >= 4 is 16.7 Å². The van der Waals surface area contributed by atoms with Crippen molar-refractivity contribution in [3.63, 3.8) is 0 Å². The van der Waals surface area contributed by atoms with Crippen molar-refractivity contribution < 1.29 is 14.3 Å². The Morgan fingerprint density at radius 1 is 1.23 bits per heavy atom. The molecule has 1 unspecified atom stereocenters. The van der Waals surface area contributed by atoms with Crippen molar-refractivity contribution in [2.24, 2.45) is 0 Å². The Morgan fingerprint density at radius 2 is 2.09 bits per heavy atom. The standard InChI is InChI=1S/C26H30N6O3/c1-16(2)35-19-8-9-23-20(13-19)25(30-32(23)24-7-5-6-12-34-24)26-27-11-10-22(28-26)21-15-31(14-17(3)33)29-18(21)4/h8-11,13,15-16,24H,5-7,12,14H2,1-4H3. The first-order valence-corrected chi connectivity index (χ1v) is 12.1. The average molecular weight is 475 g/mol. The normalized spacial score (nSPS) is 16.2. The minimum Gasteiger partial charge on any atom is -0.491 e. The van der Waals surface area contributed by atoms with Crippen LogP contribution in [0.25, 0.3) is 33.7 Å². The molecular weight excluding hydrogens is 444 g/mol. The Morgan fingerprint density at radius 3 is 2.83 bits per heavy atom. The summed E-state index contributed by atoms with van der Waals surface area (Å²) in [5.74, 6) is 1.33. The number of aryl methyl sites for hydroxylation is 1. The van der Waals surface area contributed by atoms with Crippen LogP contribution < -0.4 is 4.74 Å². The molecule has 9 heteroatoms. The zero-order valence-corrected chi connectivity index (χ0v) is 20.6. The maximum atomic E-state index is 11.5. The molecule has 0 aliphatic carbocycles. The van der Waals surface area contributed by atoms with Crippen LogP contribution >= 0.6 is 0 Å². The molecule has 4 aromatic rings. The Bertz CT molecular complexity index is 1370. The maximum absolute atomic E-state index is 11.5. The van der Waals surface area contributed by atoms with Crippen LogP contribution in [0, 0.1) is 6.92 Å². The first-order chi connectivity index (χ1) is 16.9. The predicted octanol–water partition coefficient (Wildman–Crippen LogP) is 4.74.